The molecule has 3 saturated heterocycles. The van der Waals surface area contributed by atoms with E-state index in [4.69, 9.17) is 0 Å². The number of para-hydroxylation sites is 1. The highest BCUT2D eigenvalue weighted by Gasteiger charge is 2.42. The molecule has 1 aromatic carbocycles. The summed E-state index contributed by atoms with van der Waals surface area (Å²) in [6.07, 6.45) is 5.12. The van der Waals surface area contributed by atoms with E-state index >= 15 is 0 Å². The van der Waals surface area contributed by atoms with E-state index in [1.54, 1.807) is 23.9 Å². The van der Waals surface area contributed by atoms with E-state index in [9.17, 15) is 24.5 Å². The number of amides is 2. The maximum absolute atomic E-state index is 13.3. The number of benzene rings is 1. The zero-order chi connectivity index (χ0) is 26.6. The molecule has 12 nitrogen and oxygen atoms in total. The van der Waals surface area contributed by atoms with Crippen molar-refractivity contribution < 1.29 is 14.5 Å². The molecule has 5 heterocycles. The summed E-state index contributed by atoms with van der Waals surface area (Å²) in [6, 6.07) is 8.33. The van der Waals surface area contributed by atoms with E-state index in [2.05, 4.69) is 20.1 Å². The fourth-order valence-corrected chi connectivity index (χ4v) is 6.36. The third kappa shape index (κ3) is 3.91. The number of nitrogens with zero attached hydrogens (tertiary/aromatic N) is 6. The third-order valence-electron chi connectivity index (χ3n) is 8.49. The Labute approximate surface area is 218 Å². The molecule has 2 aromatic heterocycles. The number of hydrogen-bond donors (Lipinski definition) is 1. The van der Waals surface area contributed by atoms with Gasteiger partial charge in [0, 0.05) is 45.7 Å². The van der Waals surface area contributed by atoms with Gasteiger partial charge in [-0.2, -0.15) is 0 Å². The molecule has 38 heavy (non-hydrogen) atoms. The monoisotopic (exact) mass is 519 g/mol. The van der Waals surface area contributed by atoms with Crippen LogP contribution in [0.25, 0.3) is 11.0 Å². The number of carbonyl (C=O) groups excluding carboxylic acids is 2. The average molecular weight is 520 g/mol. The van der Waals surface area contributed by atoms with Crippen LogP contribution in [-0.2, 0) is 16.6 Å². The lowest BCUT2D eigenvalue weighted by Gasteiger charge is -2.40. The summed E-state index contributed by atoms with van der Waals surface area (Å²) >= 11 is 0. The topological polar surface area (TPSA) is 136 Å². The van der Waals surface area contributed by atoms with Gasteiger partial charge in [-0.3, -0.25) is 24.0 Å². The van der Waals surface area contributed by atoms with Gasteiger partial charge in [-0.1, -0.05) is 6.07 Å². The highest BCUT2D eigenvalue weighted by atomic mass is 16.6. The predicted molar refractivity (Wildman–Crippen MR) is 140 cm³/mol. The van der Waals surface area contributed by atoms with Crippen molar-refractivity contribution in [3.8, 4) is 0 Å². The standard InChI is InChI=1S/C26H29N7O5/c1-29-23-18(3-2-4-19(23)32(25(29)36)20-6-8-22(34)28-24(20)35)31-14-11-26(16-31)9-12-30(13-10-26)17-5-7-21(27-15-17)33(37)38/h2-5,7,15,20H,6,8-14,16H2,1H3,(H,28,34,35). The molecule has 0 bridgehead atoms. The van der Waals surface area contributed by atoms with Crippen LogP contribution < -0.4 is 20.8 Å². The third-order valence-corrected chi connectivity index (χ3v) is 8.49. The fourth-order valence-electron chi connectivity index (χ4n) is 6.36. The molecule has 0 radical (unpaired) electrons. The number of hydrogen-bond acceptors (Lipinski definition) is 8. The van der Waals surface area contributed by atoms with Crippen molar-refractivity contribution in [2.24, 2.45) is 12.5 Å². The summed E-state index contributed by atoms with van der Waals surface area (Å²) in [5.74, 6) is -0.890. The molecular weight excluding hydrogens is 490 g/mol. The highest BCUT2D eigenvalue weighted by Crippen LogP contribution is 2.44. The second kappa shape index (κ2) is 8.96. The molecule has 3 fully saturated rings. The van der Waals surface area contributed by atoms with Crippen LogP contribution in [0.5, 0.6) is 0 Å². The number of anilines is 2. The summed E-state index contributed by atoms with van der Waals surface area (Å²) in [7, 11) is 1.74. The second-order valence-electron chi connectivity index (χ2n) is 10.6. The van der Waals surface area contributed by atoms with Gasteiger partial charge < -0.3 is 19.9 Å². The van der Waals surface area contributed by atoms with Gasteiger partial charge in [0.15, 0.2) is 6.20 Å². The van der Waals surface area contributed by atoms with Crippen molar-refractivity contribution >= 4 is 40.0 Å². The summed E-state index contributed by atoms with van der Waals surface area (Å²) in [5, 5.41) is 13.3. The Kier molecular flexibility index (Phi) is 5.69. The number of nitrogens with one attached hydrogen (secondary N) is 1. The molecule has 1 atom stereocenters. The summed E-state index contributed by atoms with van der Waals surface area (Å²) in [4.78, 5) is 56.5. The average Bonchev–Trinajstić information content (AvgIpc) is 3.43. The second-order valence-corrected chi connectivity index (χ2v) is 10.6. The number of rotatable bonds is 4. The van der Waals surface area contributed by atoms with Crippen LogP contribution in [0.3, 0.4) is 0 Å². The normalized spacial score (nSPS) is 21.3. The number of fused-ring (bicyclic) bond motifs is 1. The van der Waals surface area contributed by atoms with Gasteiger partial charge in [-0.25, -0.2) is 4.79 Å². The highest BCUT2D eigenvalue weighted by molar-refractivity contribution is 6.00. The smallest absolute Gasteiger partial charge is 0.363 e. The van der Waals surface area contributed by atoms with Crippen LogP contribution in [-0.4, -0.2) is 57.0 Å². The number of piperidine rings is 2. The van der Waals surface area contributed by atoms with Crippen LogP contribution in [0.4, 0.5) is 17.2 Å². The number of aryl methyl sites for hydroxylation is 1. The number of nitro groups is 1. The van der Waals surface area contributed by atoms with E-state index < -0.39 is 16.9 Å². The molecule has 2 amide bonds. The van der Waals surface area contributed by atoms with E-state index in [1.165, 1.54) is 10.6 Å². The molecule has 0 saturated carbocycles. The predicted octanol–water partition coefficient (Wildman–Crippen LogP) is 2.12. The fraction of sp³-hybridized carbons (Fsp3) is 0.462. The minimum absolute atomic E-state index is 0.149. The minimum Gasteiger partial charge on any atom is -0.369 e. The van der Waals surface area contributed by atoms with Crippen LogP contribution in [0.1, 0.15) is 38.1 Å². The zero-order valence-electron chi connectivity index (χ0n) is 21.1. The van der Waals surface area contributed by atoms with E-state index in [1.807, 2.05) is 18.2 Å². The van der Waals surface area contributed by atoms with Gasteiger partial charge in [0.1, 0.15) is 6.04 Å². The Morgan fingerprint density at radius 3 is 2.45 bits per heavy atom. The Hall–Kier alpha value is -4.22. The first-order chi connectivity index (χ1) is 18.3. The summed E-state index contributed by atoms with van der Waals surface area (Å²) in [6.45, 7) is 3.44. The molecule has 3 aliphatic rings. The van der Waals surface area contributed by atoms with Gasteiger partial charge in [-0.05, 0) is 59.2 Å². The lowest BCUT2D eigenvalue weighted by Crippen LogP contribution is -2.44. The van der Waals surface area contributed by atoms with Crippen LogP contribution in [0.2, 0.25) is 0 Å². The quantitative estimate of drug-likeness (QED) is 0.315. The molecule has 1 N–H and O–H groups in total. The summed E-state index contributed by atoms with van der Waals surface area (Å²) < 4.78 is 3.15. The van der Waals surface area contributed by atoms with Crippen LogP contribution in [0.15, 0.2) is 41.3 Å². The van der Waals surface area contributed by atoms with Crippen molar-refractivity contribution in [2.75, 3.05) is 36.0 Å². The lowest BCUT2D eigenvalue weighted by atomic mass is 9.77. The van der Waals surface area contributed by atoms with Crippen molar-refractivity contribution in [2.45, 2.75) is 38.1 Å². The lowest BCUT2D eigenvalue weighted by molar-refractivity contribution is -0.389. The van der Waals surface area contributed by atoms with Crippen LogP contribution in [0, 0.1) is 15.5 Å². The molecule has 1 spiro atoms. The largest absolute Gasteiger partial charge is 0.369 e. The molecule has 3 aliphatic heterocycles. The number of aromatic nitrogens is 3. The molecule has 3 aromatic rings. The first kappa shape index (κ1) is 24.1. The number of imidazole rings is 1. The first-order valence-electron chi connectivity index (χ1n) is 12.9. The Balaban J connectivity index is 1.23. The van der Waals surface area contributed by atoms with E-state index in [0.717, 1.165) is 62.3 Å². The Bertz CT molecular complexity index is 1500. The van der Waals surface area contributed by atoms with Gasteiger partial charge in [-0.15, -0.1) is 0 Å². The number of carbonyl (C=O) groups is 2. The molecule has 0 aliphatic carbocycles. The molecule has 6 rings (SSSR count). The van der Waals surface area contributed by atoms with Gasteiger partial charge in [0.25, 0.3) is 0 Å². The number of imide groups is 1. The maximum atomic E-state index is 13.3. The SMILES string of the molecule is Cn1c(=O)n(C2CCC(=O)NC2=O)c2cccc(N3CCC4(CCN(c5ccc([N+](=O)[O-])nc5)CC4)C3)c21. The maximum Gasteiger partial charge on any atom is 0.363 e. The summed E-state index contributed by atoms with van der Waals surface area (Å²) in [5.41, 5.74) is 3.26. The minimum atomic E-state index is -0.706. The van der Waals surface area contributed by atoms with Gasteiger partial charge >= 0.3 is 11.5 Å². The van der Waals surface area contributed by atoms with Crippen molar-refractivity contribution in [3.05, 3.63) is 57.1 Å². The molecular formula is C26H29N7O5. The van der Waals surface area contributed by atoms with Gasteiger partial charge in [0.05, 0.1) is 22.4 Å². The molecule has 198 valence electrons. The Morgan fingerprint density at radius 2 is 1.79 bits per heavy atom. The zero-order valence-corrected chi connectivity index (χ0v) is 21.1. The van der Waals surface area contributed by atoms with E-state index in [-0.39, 0.29) is 29.3 Å². The first-order valence-corrected chi connectivity index (χ1v) is 12.9. The van der Waals surface area contributed by atoms with Crippen molar-refractivity contribution in [1.82, 2.24) is 19.4 Å². The molecule has 12 heteroatoms. The number of pyridine rings is 1. The Morgan fingerprint density at radius 1 is 1.05 bits per heavy atom. The van der Waals surface area contributed by atoms with Crippen molar-refractivity contribution in [1.29, 1.82) is 0 Å². The van der Waals surface area contributed by atoms with Crippen molar-refractivity contribution in [3.63, 3.8) is 0 Å². The van der Waals surface area contributed by atoms with E-state index in [0.29, 0.717) is 11.9 Å². The van der Waals surface area contributed by atoms with Crippen LogP contribution >= 0.6 is 0 Å². The van der Waals surface area contributed by atoms with Gasteiger partial charge in [0.2, 0.25) is 11.8 Å². The molecule has 1 unspecified atom stereocenters.